The third-order valence-corrected chi connectivity index (χ3v) is 7.40. The van der Waals surface area contributed by atoms with Crippen molar-refractivity contribution in [1.29, 1.82) is 0 Å². The minimum Gasteiger partial charge on any atom is -0.305 e. The fraction of sp³-hybridized carbons (Fsp3) is 0.100. The molecule has 43 heavy (non-hydrogen) atoms. The first-order chi connectivity index (χ1) is 21.8. The van der Waals surface area contributed by atoms with Gasteiger partial charge in [0.2, 0.25) is 0 Å². The summed E-state index contributed by atoms with van der Waals surface area (Å²) in [5.41, 5.74) is 6.94. The molecule has 0 spiro atoms. The van der Waals surface area contributed by atoms with Gasteiger partial charge in [0.25, 0.3) is 0 Å². The molecule has 0 bridgehead atoms. The second kappa shape index (κ2) is 13.7. The number of hydrogen-bond donors (Lipinski definition) is 0. The van der Waals surface area contributed by atoms with Gasteiger partial charge in [-0.3, -0.25) is 0 Å². The van der Waals surface area contributed by atoms with E-state index < -0.39 is 6.85 Å². The number of rotatable bonds is 4. The fourth-order valence-electron chi connectivity index (χ4n) is 5.21. The molecule has 7 aromatic rings. The number of aryl methyl sites for hydroxylation is 1. The smallest absolute Gasteiger partial charge is 0.0280 e. The van der Waals surface area contributed by atoms with Crippen molar-refractivity contribution >= 4 is 21.5 Å². The Morgan fingerprint density at radius 2 is 1.37 bits per heavy atom. The van der Waals surface area contributed by atoms with Crippen LogP contribution in [0.15, 0.2) is 134 Å². The predicted octanol–water partition coefficient (Wildman–Crippen LogP) is 10.5. The maximum Gasteiger partial charge on any atom is 0.0280 e. The molecule has 0 aliphatic rings. The van der Waals surface area contributed by atoms with Crippen LogP contribution in [-0.4, -0.2) is 9.97 Å². The molecule has 0 aliphatic heterocycles. The number of nitrogens with zero attached hydrogens (tertiary/aromatic N) is 2. The Morgan fingerprint density at radius 1 is 0.628 bits per heavy atom. The maximum atomic E-state index is 8.43. The van der Waals surface area contributed by atoms with Crippen LogP contribution in [0.1, 0.15) is 35.0 Å². The molecular weight excluding hydrogens is 701 g/mol. The summed E-state index contributed by atoms with van der Waals surface area (Å²) in [6.45, 7) is 2.05. The van der Waals surface area contributed by atoms with Crippen molar-refractivity contribution in [1.82, 2.24) is 9.97 Å². The number of benzene rings is 5. The summed E-state index contributed by atoms with van der Waals surface area (Å²) in [6, 6.07) is 45.9. The zero-order valence-corrected chi connectivity index (χ0v) is 26.4. The Hall–Kier alpha value is -4.43. The van der Waals surface area contributed by atoms with Gasteiger partial charge >= 0.3 is 0 Å². The Bertz CT molecular complexity index is 2020. The largest absolute Gasteiger partial charge is 0.305 e. The second-order valence-corrected chi connectivity index (χ2v) is 10.5. The van der Waals surface area contributed by atoms with Gasteiger partial charge in [-0.2, -0.15) is 0 Å². The van der Waals surface area contributed by atoms with Gasteiger partial charge in [0.15, 0.2) is 0 Å². The first-order valence-corrected chi connectivity index (χ1v) is 14.1. The van der Waals surface area contributed by atoms with E-state index in [9.17, 15) is 0 Å². The number of fused-ring (bicyclic) bond motifs is 3. The van der Waals surface area contributed by atoms with E-state index in [4.69, 9.17) is 4.11 Å². The van der Waals surface area contributed by atoms with E-state index in [-0.39, 0.29) is 20.1 Å². The molecule has 3 heteroatoms. The Kier molecular flexibility index (Phi) is 8.35. The summed E-state index contributed by atoms with van der Waals surface area (Å²) in [6.07, 6.45) is 3.62. The van der Waals surface area contributed by atoms with E-state index in [1.807, 2.05) is 121 Å². The summed E-state index contributed by atoms with van der Waals surface area (Å²) in [5.74, 6) is 0.387. The molecule has 0 fully saturated rings. The predicted molar refractivity (Wildman–Crippen MR) is 176 cm³/mol. The first kappa shape index (κ1) is 26.2. The van der Waals surface area contributed by atoms with Crippen molar-refractivity contribution in [3.63, 3.8) is 0 Å². The molecule has 2 aromatic heterocycles. The van der Waals surface area contributed by atoms with Crippen LogP contribution in [0.3, 0.4) is 0 Å². The summed E-state index contributed by atoms with van der Waals surface area (Å²) in [7, 11) is 0. The van der Waals surface area contributed by atoms with E-state index in [2.05, 4.69) is 42.0 Å². The third kappa shape index (κ3) is 6.49. The standard InChI is InChI=1S/C29H24N.C11H8N.Ir/c1-19(2)22-15-16-30-28(18-22)23-13-14-26-25-12-8-7-11-24(25)20(3)29(27(26)17-23)21-9-5-4-6-10-21;1-2-6-10(7-3-1)11-8-4-5-9-12-11;/h4-12,14-19H,1-3H3;1-6,8-9H;/q2*-1;/i3D3;;. The van der Waals surface area contributed by atoms with Gasteiger partial charge in [-0.15, -0.1) is 59.7 Å². The summed E-state index contributed by atoms with van der Waals surface area (Å²) in [5, 5.41) is 3.56. The molecule has 0 saturated heterocycles. The minimum atomic E-state index is -2.27. The number of hydrogen-bond acceptors (Lipinski definition) is 2. The minimum absolute atomic E-state index is 0. The van der Waals surface area contributed by atoms with Gasteiger partial charge in [0.05, 0.1) is 0 Å². The van der Waals surface area contributed by atoms with Gasteiger partial charge < -0.3 is 9.97 Å². The molecular formula is C40H32IrN2-2. The van der Waals surface area contributed by atoms with Crippen LogP contribution in [0.25, 0.3) is 55.2 Å². The average Bonchev–Trinajstić information content (AvgIpc) is 3.08. The van der Waals surface area contributed by atoms with Crippen LogP contribution < -0.4 is 0 Å². The molecule has 0 aliphatic carbocycles. The van der Waals surface area contributed by atoms with Gasteiger partial charge in [0, 0.05) is 36.6 Å². The fourth-order valence-corrected chi connectivity index (χ4v) is 5.21. The molecule has 2 heterocycles. The van der Waals surface area contributed by atoms with Gasteiger partial charge in [-0.25, -0.2) is 0 Å². The van der Waals surface area contributed by atoms with Crippen molar-refractivity contribution in [2.75, 3.05) is 0 Å². The Morgan fingerprint density at radius 3 is 2.09 bits per heavy atom. The van der Waals surface area contributed by atoms with Crippen molar-refractivity contribution in [3.8, 4) is 33.6 Å². The molecule has 2 nitrogen and oxygen atoms in total. The maximum absolute atomic E-state index is 8.43. The van der Waals surface area contributed by atoms with E-state index >= 15 is 0 Å². The Labute approximate surface area is 272 Å². The van der Waals surface area contributed by atoms with E-state index in [0.717, 1.165) is 55.2 Å². The summed E-state index contributed by atoms with van der Waals surface area (Å²) in [4.78, 5) is 8.81. The quantitative estimate of drug-likeness (QED) is 0.133. The van der Waals surface area contributed by atoms with Crippen LogP contribution >= 0.6 is 0 Å². The summed E-state index contributed by atoms with van der Waals surface area (Å²) < 4.78 is 25.3. The molecule has 5 aromatic carbocycles. The van der Waals surface area contributed by atoms with Crippen molar-refractivity contribution < 1.29 is 24.2 Å². The van der Waals surface area contributed by atoms with Crippen LogP contribution in [0.5, 0.6) is 0 Å². The van der Waals surface area contributed by atoms with Crippen LogP contribution in [0.4, 0.5) is 0 Å². The molecule has 0 atom stereocenters. The van der Waals surface area contributed by atoms with E-state index in [1.165, 1.54) is 5.56 Å². The molecule has 0 saturated carbocycles. The molecule has 7 rings (SSSR count). The molecule has 1 radical (unpaired) electrons. The van der Waals surface area contributed by atoms with Crippen molar-refractivity contribution in [3.05, 3.63) is 157 Å². The average molecular weight is 736 g/mol. The molecule has 213 valence electrons. The second-order valence-electron chi connectivity index (χ2n) is 10.5. The molecule has 0 N–H and O–H groups in total. The number of pyridine rings is 2. The molecule has 0 unspecified atom stereocenters. The summed E-state index contributed by atoms with van der Waals surface area (Å²) >= 11 is 0. The van der Waals surface area contributed by atoms with Crippen LogP contribution in [0.2, 0.25) is 0 Å². The van der Waals surface area contributed by atoms with Gasteiger partial charge in [0.1, 0.15) is 0 Å². The SMILES string of the molecule is [2H]C([2H])([2H])c1c(-c2ccccc2)c2cc(-c3cc(C(C)C)ccn3)[c-]cc2c2ccccc12.[Ir].[c-]1ccccc1-c1ccccn1. The van der Waals surface area contributed by atoms with Crippen molar-refractivity contribution in [2.24, 2.45) is 0 Å². The van der Waals surface area contributed by atoms with E-state index in [0.29, 0.717) is 11.5 Å². The van der Waals surface area contributed by atoms with Gasteiger partial charge in [-0.05, 0) is 58.4 Å². The topological polar surface area (TPSA) is 25.8 Å². The van der Waals surface area contributed by atoms with Gasteiger partial charge in [-0.1, -0.05) is 108 Å². The van der Waals surface area contributed by atoms with Crippen molar-refractivity contribution in [2.45, 2.75) is 26.6 Å². The first-order valence-electron chi connectivity index (χ1n) is 15.6. The zero-order chi connectivity index (χ0) is 31.4. The Balaban J connectivity index is 0.000000269. The zero-order valence-electron chi connectivity index (χ0n) is 27.0. The van der Waals surface area contributed by atoms with Crippen LogP contribution in [-0.2, 0) is 20.1 Å². The monoisotopic (exact) mass is 736 g/mol. The normalized spacial score (nSPS) is 12.0. The molecule has 0 amide bonds. The number of aromatic nitrogens is 2. The van der Waals surface area contributed by atoms with E-state index in [1.54, 1.807) is 6.20 Å². The third-order valence-electron chi connectivity index (χ3n) is 7.40. The van der Waals surface area contributed by atoms with Crippen LogP contribution in [0, 0.1) is 19.0 Å².